The van der Waals surface area contributed by atoms with E-state index in [9.17, 15) is 103 Å². The zero-order chi connectivity index (χ0) is 83.1. The Hall–Kier alpha value is -8.89. The van der Waals surface area contributed by atoms with E-state index < -0.39 is 121 Å². The predicted molar refractivity (Wildman–Crippen MR) is 408 cm³/mol. The summed E-state index contributed by atoms with van der Waals surface area (Å²) in [6.45, 7) is 7.84. The Labute approximate surface area is 667 Å². The third kappa shape index (κ3) is 23.5. The highest BCUT2D eigenvalue weighted by atomic mass is 35.5. The normalized spacial score (nSPS) is 19.7. The number of fused-ring (bicyclic) bond motifs is 2. The zero-order valence-corrected chi connectivity index (χ0v) is 65.6. The van der Waals surface area contributed by atoms with E-state index in [-0.39, 0.29) is 106 Å². The molecular weight excluding hydrogens is 1640 g/mol. The lowest BCUT2D eigenvalue weighted by Crippen LogP contribution is -2.32. The minimum atomic E-state index is -3.62. The number of benzene rings is 8. The van der Waals surface area contributed by atoms with E-state index in [0.717, 1.165) is 56.6 Å². The molecule has 8 aromatic carbocycles. The number of carbonyl (C=O) groups excluding carboxylic acids is 7. The van der Waals surface area contributed by atoms with Gasteiger partial charge in [0.2, 0.25) is 15.9 Å². The molecule has 5 fully saturated rings. The fourth-order valence-corrected chi connectivity index (χ4v) is 19.4. The Morgan fingerprint density at radius 3 is 1.11 bits per heavy atom. The van der Waals surface area contributed by atoms with Crippen LogP contribution in [-0.2, 0) is 24.4 Å². The van der Waals surface area contributed by atoms with Crippen molar-refractivity contribution >= 4 is 133 Å². The second-order valence-electron chi connectivity index (χ2n) is 28.8. The number of halogens is 15. The molecule has 5 saturated carbocycles. The van der Waals surface area contributed by atoms with Gasteiger partial charge in [0, 0.05) is 141 Å². The molecule has 13 rings (SSSR count). The van der Waals surface area contributed by atoms with E-state index in [1.54, 1.807) is 6.92 Å². The number of anilines is 4. The van der Waals surface area contributed by atoms with Crippen LogP contribution in [0.15, 0.2) is 147 Å². The van der Waals surface area contributed by atoms with Crippen LogP contribution in [0.4, 0.5) is 84.2 Å². The largest absolute Gasteiger partial charge is 0.322 e. The smallest absolute Gasteiger partial charge is 0.255 e. The highest BCUT2D eigenvalue weighted by Crippen LogP contribution is 2.62. The average molecular weight is 1710 g/mol. The number of thioether (sulfide) groups is 4. The molecule has 0 heterocycles. The van der Waals surface area contributed by atoms with E-state index in [2.05, 4.69) is 42.0 Å². The zero-order valence-electron chi connectivity index (χ0n) is 60.8. The monoisotopic (exact) mass is 1710 g/mol. The molecule has 34 heteroatoms. The summed E-state index contributed by atoms with van der Waals surface area (Å²) < 4.78 is 213. The number of hydrogen-bond acceptors (Lipinski definition) is 13. The van der Waals surface area contributed by atoms with Gasteiger partial charge in [-0.2, -0.15) is 0 Å². The van der Waals surface area contributed by atoms with Crippen molar-refractivity contribution in [3.8, 4) is 0 Å². The average Bonchev–Trinajstić information content (AvgIpc) is 1.58. The molecule has 5 amide bonds. The van der Waals surface area contributed by atoms with Crippen molar-refractivity contribution < 1.29 is 103 Å². The maximum absolute atomic E-state index is 14.3. The van der Waals surface area contributed by atoms with Crippen LogP contribution in [-0.4, -0.2) is 77.3 Å². The fraction of sp³-hybridized carbons (Fsp3) is 0.312. The van der Waals surface area contributed by atoms with Gasteiger partial charge >= 0.3 is 0 Å². The van der Waals surface area contributed by atoms with E-state index in [1.165, 1.54) is 120 Å². The van der Waals surface area contributed by atoms with Crippen molar-refractivity contribution in [1.82, 2.24) is 4.72 Å². The Morgan fingerprint density at radius 2 is 0.772 bits per heavy atom. The molecule has 5 aliphatic carbocycles. The predicted octanol–water partition coefficient (Wildman–Crippen LogP) is 20.4. The number of ketones is 2. The maximum atomic E-state index is 14.3. The number of sulfonamides is 1. The number of amides is 5. The molecule has 0 aromatic heterocycles. The van der Waals surface area contributed by atoms with Gasteiger partial charge in [-0.25, -0.2) is 69.9 Å². The van der Waals surface area contributed by atoms with Crippen molar-refractivity contribution in [2.24, 2.45) is 40.9 Å². The summed E-state index contributed by atoms with van der Waals surface area (Å²) in [4.78, 5) is 85.7. The van der Waals surface area contributed by atoms with E-state index in [4.69, 9.17) is 11.6 Å². The molecule has 5 N–H and O–H groups in total. The molecular formula is C80H70ClF14N5O9S5. The first-order valence-corrected chi connectivity index (χ1v) is 41.0. The lowest BCUT2D eigenvalue weighted by molar-refractivity contribution is -0.121. The van der Waals surface area contributed by atoms with E-state index >= 15 is 0 Å². The summed E-state index contributed by atoms with van der Waals surface area (Å²) in [7, 11) is -3.62. The van der Waals surface area contributed by atoms with Gasteiger partial charge in [-0.1, -0.05) is 32.4 Å². The minimum absolute atomic E-state index is 0.0182. The first kappa shape index (κ1) is 87.5. The molecule has 5 unspecified atom stereocenters. The Bertz CT molecular complexity index is 5110. The molecule has 604 valence electrons. The molecule has 0 bridgehead atoms. The van der Waals surface area contributed by atoms with Gasteiger partial charge < -0.3 is 21.3 Å². The summed E-state index contributed by atoms with van der Waals surface area (Å²) >= 11 is 10.8. The van der Waals surface area contributed by atoms with Crippen LogP contribution in [0.3, 0.4) is 0 Å². The number of carbonyl (C=O) groups is 7. The van der Waals surface area contributed by atoms with Gasteiger partial charge in [0.1, 0.15) is 40.7 Å². The Morgan fingerprint density at radius 1 is 0.439 bits per heavy atom. The van der Waals surface area contributed by atoms with Crippen LogP contribution < -0.4 is 26.0 Å². The second-order valence-corrected chi connectivity index (χ2v) is 36.1. The molecule has 114 heavy (non-hydrogen) atoms. The standard InChI is InChI=1S/C21H18F4N2O4S2.C21H17F4NO2S.C19H16ClF2NO2S.C19H19F4NOS/c1-33(30,31)27-21(29)18-12-7-11(8-13(12)18)32-17-4-9(2-3-14(17)22)20(28)26-10-5-15(23)19(25)16(24)6-10;1-9(27)19-13-7-12(8-14(13)19)29-18-4-10(2-3-15(18)22)21(28)26-11-5-16(23)20(25)17(24)6-11;20-15-9-12(5-7-16(15)21)23-19(25)11-4-6-17(22)18(8-11)26-14-3-1-2-13(24)10-14;1-19(2,3)6-7-26-16-8-11(4-5-13(16)20)18(25)24-12-9-14(21)17(23)15(22)10-12/h2-6,11-13,18H,7-8H2,1H3,(H,26,28)(H,27,29);2-6,12-14,19H,7-8H2,1H3,(H,26,28);4-9,14H,1-3,10H2,(H,23,25);4-5,8-10H,6-7H2,1-3H3,(H,24,25). The first-order valence-electron chi connectivity index (χ1n) is 35.1. The number of rotatable bonds is 20. The summed E-state index contributed by atoms with van der Waals surface area (Å²) in [5.41, 5.74) is 0.262. The van der Waals surface area contributed by atoms with Gasteiger partial charge in [-0.05, 0) is 178 Å². The van der Waals surface area contributed by atoms with Gasteiger partial charge in [-0.15, -0.1) is 47.0 Å². The molecule has 0 aliphatic heterocycles. The lowest BCUT2D eigenvalue weighted by atomic mass is 9.94. The molecule has 0 saturated heterocycles. The number of nitrogens with one attached hydrogen (secondary N) is 5. The second kappa shape index (κ2) is 37.4. The van der Waals surface area contributed by atoms with Crippen molar-refractivity contribution in [1.29, 1.82) is 0 Å². The summed E-state index contributed by atoms with van der Waals surface area (Å²) in [6.07, 6.45) is 7.31. The van der Waals surface area contributed by atoms with Crippen molar-refractivity contribution in [3.63, 3.8) is 0 Å². The number of Topliss-reactive ketones (excluding diaryl/α,β-unsaturated/α-hetero) is 2. The molecule has 0 radical (unpaired) electrons. The van der Waals surface area contributed by atoms with Crippen LogP contribution >= 0.6 is 58.6 Å². The SMILES string of the molecule is CC(=O)C1C2CC(Sc3cc(C(=O)Nc4cc(F)c(F)c(F)c4)ccc3F)CC21.CC(C)(C)CCSc1cc(C(=O)Nc2cc(F)c(F)c(F)c2)ccc1F.CS(=O)(=O)NC(=O)C1C2CC(Sc3cc(C(=O)Nc4cc(F)c(F)c(F)c4)ccc3F)CC21.O=C1CCCC(Sc2cc(C(=O)Nc3ccc(F)c(Cl)c3)ccc2F)C1. The highest BCUT2D eigenvalue weighted by molar-refractivity contribution is 8.00. The van der Waals surface area contributed by atoms with Gasteiger partial charge in [0.05, 0.1) is 11.3 Å². The fourth-order valence-electron chi connectivity index (χ4n) is 13.3. The van der Waals surface area contributed by atoms with Gasteiger partial charge in [-0.3, -0.25) is 38.3 Å². The Balaban J connectivity index is 0.000000162. The highest BCUT2D eigenvalue weighted by Gasteiger charge is 2.60. The molecule has 14 nitrogen and oxygen atoms in total. The van der Waals surface area contributed by atoms with E-state index in [1.807, 2.05) is 4.72 Å². The van der Waals surface area contributed by atoms with Crippen LogP contribution in [0.2, 0.25) is 5.02 Å². The molecule has 0 spiro atoms. The van der Waals surface area contributed by atoms with Crippen molar-refractivity contribution in [2.75, 3.05) is 33.3 Å². The summed E-state index contributed by atoms with van der Waals surface area (Å²) in [6, 6.07) is 23.2. The van der Waals surface area contributed by atoms with Crippen LogP contribution in [0.1, 0.15) is 127 Å². The van der Waals surface area contributed by atoms with Crippen LogP contribution in [0, 0.1) is 122 Å². The molecule has 5 aliphatic rings. The summed E-state index contributed by atoms with van der Waals surface area (Å²) in [5, 5.41) is 9.50. The van der Waals surface area contributed by atoms with Gasteiger partial charge in [0.25, 0.3) is 23.6 Å². The quantitative estimate of drug-likeness (QED) is 0.0273. The lowest BCUT2D eigenvalue weighted by Gasteiger charge is -2.20. The van der Waals surface area contributed by atoms with Crippen molar-refractivity contribution in [2.45, 2.75) is 121 Å². The third-order valence-corrected chi connectivity index (χ3v) is 24.7. The van der Waals surface area contributed by atoms with Gasteiger partial charge in [0.15, 0.2) is 52.4 Å². The molecule has 5 atom stereocenters. The number of hydrogen-bond donors (Lipinski definition) is 5. The van der Waals surface area contributed by atoms with E-state index in [0.29, 0.717) is 100 Å². The first-order chi connectivity index (χ1) is 53.6. The third-order valence-electron chi connectivity index (χ3n) is 19.0. The Kier molecular flexibility index (Phi) is 28.7. The minimum Gasteiger partial charge on any atom is -0.322 e. The van der Waals surface area contributed by atoms with Crippen molar-refractivity contribution in [3.05, 3.63) is 236 Å². The van der Waals surface area contributed by atoms with Crippen LogP contribution in [0.5, 0.6) is 0 Å². The maximum Gasteiger partial charge on any atom is 0.255 e. The molecule has 8 aromatic rings. The van der Waals surface area contributed by atoms with Crippen LogP contribution in [0.25, 0.3) is 0 Å². The topological polar surface area (TPSA) is 214 Å². The summed E-state index contributed by atoms with van der Waals surface area (Å²) in [5.74, 6) is -17.3.